The fourth-order valence-corrected chi connectivity index (χ4v) is 1.13. The second-order valence-electron chi connectivity index (χ2n) is 2.27. The van der Waals surface area contributed by atoms with E-state index in [2.05, 4.69) is 10.1 Å². The maximum absolute atomic E-state index is 10.0. The molecule has 0 bridgehead atoms. The van der Waals surface area contributed by atoms with Crippen LogP contribution in [0.25, 0.3) is 0 Å². The predicted octanol–water partition coefficient (Wildman–Crippen LogP) is 1.60. The molecule has 1 aromatic rings. The monoisotopic (exact) mass is 185 g/mol. The highest BCUT2D eigenvalue weighted by Crippen LogP contribution is 2.27. The number of hydrogen-bond donors (Lipinski definition) is 0. The molecule has 0 aliphatic rings. The van der Waals surface area contributed by atoms with Crippen LogP contribution in [0.4, 0.5) is 5.69 Å². The Morgan fingerprint density at radius 3 is 2.92 bits per heavy atom. The van der Waals surface area contributed by atoms with Crippen LogP contribution in [0.5, 0.6) is 0 Å². The standard InChI is InChI=1S/C7H8ClN3O/c1-3-5-6(9-4-12)7(8)11(2)10-5/h3H2,1-2H3. The number of aryl methyl sites for hydroxylation is 2. The van der Waals surface area contributed by atoms with Gasteiger partial charge in [0, 0.05) is 7.05 Å². The van der Waals surface area contributed by atoms with Crippen LogP contribution in [0.1, 0.15) is 12.6 Å². The molecule has 0 unspecified atom stereocenters. The van der Waals surface area contributed by atoms with Crippen molar-refractivity contribution in [2.24, 2.45) is 12.0 Å². The quantitative estimate of drug-likeness (QED) is 0.519. The first-order chi connectivity index (χ1) is 5.70. The zero-order valence-electron chi connectivity index (χ0n) is 6.83. The normalized spacial score (nSPS) is 9.58. The molecule has 5 heteroatoms. The second-order valence-corrected chi connectivity index (χ2v) is 2.62. The predicted molar refractivity (Wildman–Crippen MR) is 45.4 cm³/mol. The zero-order valence-corrected chi connectivity index (χ0v) is 7.59. The average molecular weight is 186 g/mol. The SMILES string of the molecule is CCc1nn(C)c(Cl)c1N=C=O. The third-order valence-electron chi connectivity index (χ3n) is 1.52. The number of aliphatic imine (C=N–C) groups is 1. The number of halogens is 1. The minimum atomic E-state index is 0.371. The van der Waals surface area contributed by atoms with Crippen LogP contribution in [0, 0.1) is 0 Å². The van der Waals surface area contributed by atoms with Gasteiger partial charge in [-0.3, -0.25) is 4.68 Å². The maximum Gasteiger partial charge on any atom is 0.240 e. The summed E-state index contributed by atoms with van der Waals surface area (Å²) in [4.78, 5) is 13.5. The molecular weight excluding hydrogens is 178 g/mol. The fourth-order valence-electron chi connectivity index (χ4n) is 0.939. The molecule has 1 rings (SSSR count). The molecule has 0 aromatic carbocycles. The fraction of sp³-hybridized carbons (Fsp3) is 0.429. The van der Waals surface area contributed by atoms with Crippen molar-refractivity contribution < 1.29 is 4.79 Å². The smallest absolute Gasteiger partial charge is 0.240 e. The molecule has 0 fully saturated rings. The number of isocyanates is 1. The van der Waals surface area contributed by atoms with Crippen LogP contribution >= 0.6 is 11.6 Å². The minimum Gasteiger partial charge on any atom is -0.255 e. The molecule has 0 spiro atoms. The van der Waals surface area contributed by atoms with E-state index in [4.69, 9.17) is 11.6 Å². The first-order valence-corrected chi connectivity index (χ1v) is 3.87. The lowest BCUT2D eigenvalue weighted by molar-refractivity contribution is 0.565. The van der Waals surface area contributed by atoms with Gasteiger partial charge in [0.15, 0.2) is 5.15 Å². The van der Waals surface area contributed by atoms with Gasteiger partial charge in [-0.25, -0.2) is 4.79 Å². The summed E-state index contributed by atoms with van der Waals surface area (Å²) in [6, 6.07) is 0. The molecule has 0 saturated carbocycles. The summed E-state index contributed by atoms with van der Waals surface area (Å²) in [5.74, 6) is 0. The van der Waals surface area contributed by atoms with E-state index in [1.54, 1.807) is 7.05 Å². The van der Waals surface area contributed by atoms with Crippen molar-refractivity contribution in [1.29, 1.82) is 0 Å². The number of aromatic nitrogens is 2. The Morgan fingerprint density at radius 1 is 1.75 bits per heavy atom. The highest BCUT2D eigenvalue weighted by atomic mass is 35.5. The Labute approximate surface area is 74.9 Å². The molecule has 64 valence electrons. The Kier molecular flexibility index (Phi) is 2.63. The number of carbonyl (C=O) groups excluding carboxylic acids is 1. The van der Waals surface area contributed by atoms with Crippen LogP contribution in [-0.4, -0.2) is 15.9 Å². The van der Waals surface area contributed by atoms with E-state index in [-0.39, 0.29) is 0 Å². The van der Waals surface area contributed by atoms with Gasteiger partial charge in [-0.1, -0.05) is 18.5 Å². The van der Waals surface area contributed by atoms with Gasteiger partial charge in [-0.2, -0.15) is 10.1 Å². The molecule has 0 saturated heterocycles. The Morgan fingerprint density at radius 2 is 2.42 bits per heavy atom. The van der Waals surface area contributed by atoms with Crippen molar-refractivity contribution in [2.45, 2.75) is 13.3 Å². The van der Waals surface area contributed by atoms with Crippen molar-refractivity contribution >= 4 is 23.4 Å². The van der Waals surface area contributed by atoms with Crippen LogP contribution < -0.4 is 0 Å². The van der Waals surface area contributed by atoms with Gasteiger partial charge in [0.2, 0.25) is 6.08 Å². The van der Waals surface area contributed by atoms with Crippen molar-refractivity contribution in [3.8, 4) is 0 Å². The molecule has 0 N–H and O–H groups in total. The summed E-state index contributed by atoms with van der Waals surface area (Å²) in [5.41, 5.74) is 1.14. The summed E-state index contributed by atoms with van der Waals surface area (Å²) >= 11 is 5.80. The Balaban J connectivity index is 3.30. The van der Waals surface area contributed by atoms with E-state index in [1.165, 1.54) is 10.8 Å². The first kappa shape index (κ1) is 8.97. The molecule has 12 heavy (non-hydrogen) atoms. The van der Waals surface area contributed by atoms with Crippen LogP contribution in [-0.2, 0) is 18.3 Å². The summed E-state index contributed by atoms with van der Waals surface area (Å²) in [5, 5.41) is 4.43. The molecule has 4 nitrogen and oxygen atoms in total. The molecular formula is C7H8ClN3O. The Hall–Kier alpha value is -1.12. The topological polar surface area (TPSA) is 47.2 Å². The maximum atomic E-state index is 10.0. The summed E-state index contributed by atoms with van der Waals surface area (Å²) in [6.45, 7) is 1.92. The van der Waals surface area contributed by atoms with Gasteiger partial charge >= 0.3 is 0 Å². The zero-order chi connectivity index (χ0) is 9.14. The third-order valence-corrected chi connectivity index (χ3v) is 1.94. The van der Waals surface area contributed by atoms with Crippen molar-refractivity contribution in [1.82, 2.24) is 9.78 Å². The lowest BCUT2D eigenvalue weighted by Gasteiger charge is -1.88. The molecule has 0 radical (unpaired) electrons. The van der Waals surface area contributed by atoms with E-state index < -0.39 is 0 Å². The molecule has 1 heterocycles. The van der Waals surface area contributed by atoms with E-state index >= 15 is 0 Å². The van der Waals surface area contributed by atoms with E-state index in [0.29, 0.717) is 23.0 Å². The van der Waals surface area contributed by atoms with Gasteiger partial charge in [0.1, 0.15) is 5.69 Å². The molecule has 0 atom stereocenters. The van der Waals surface area contributed by atoms with Crippen molar-refractivity contribution in [2.75, 3.05) is 0 Å². The van der Waals surface area contributed by atoms with E-state index in [9.17, 15) is 4.79 Å². The van der Waals surface area contributed by atoms with Crippen molar-refractivity contribution in [3.63, 3.8) is 0 Å². The summed E-state index contributed by atoms with van der Waals surface area (Å²) in [7, 11) is 1.70. The number of hydrogen-bond acceptors (Lipinski definition) is 3. The summed E-state index contributed by atoms with van der Waals surface area (Å²) in [6.07, 6.45) is 2.15. The minimum absolute atomic E-state index is 0.371. The molecule has 0 amide bonds. The van der Waals surface area contributed by atoms with Gasteiger partial charge in [-0.05, 0) is 6.42 Å². The molecule has 1 aromatic heterocycles. The molecule has 0 aliphatic carbocycles. The van der Waals surface area contributed by atoms with Crippen LogP contribution in [0.3, 0.4) is 0 Å². The second kappa shape index (κ2) is 3.52. The van der Waals surface area contributed by atoms with Gasteiger partial charge in [0.25, 0.3) is 0 Å². The average Bonchev–Trinajstić information content (AvgIpc) is 2.33. The molecule has 0 aliphatic heterocycles. The largest absolute Gasteiger partial charge is 0.255 e. The lowest BCUT2D eigenvalue weighted by Crippen LogP contribution is -1.90. The van der Waals surface area contributed by atoms with Gasteiger partial charge < -0.3 is 0 Å². The highest BCUT2D eigenvalue weighted by Gasteiger charge is 2.11. The third kappa shape index (κ3) is 1.40. The van der Waals surface area contributed by atoms with Crippen LogP contribution in [0.15, 0.2) is 4.99 Å². The lowest BCUT2D eigenvalue weighted by atomic mass is 10.3. The van der Waals surface area contributed by atoms with E-state index in [0.717, 1.165) is 0 Å². The summed E-state index contributed by atoms with van der Waals surface area (Å²) < 4.78 is 1.48. The number of nitrogens with zero attached hydrogens (tertiary/aromatic N) is 3. The van der Waals surface area contributed by atoms with Gasteiger partial charge in [-0.15, -0.1) is 0 Å². The highest BCUT2D eigenvalue weighted by molar-refractivity contribution is 6.32. The number of rotatable bonds is 2. The van der Waals surface area contributed by atoms with Crippen LogP contribution in [0.2, 0.25) is 5.15 Å². The van der Waals surface area contributed by atoms with E-state index in [1.807, 2.05) is 6.92 Å². The van der Waals surface area contributed by atoms with Gasteiger partial charge in [0.05, 0.1) is 5.69 Å². The Bertz CT molecular complexity index is 339. The van der Waals surface area contributed by atoms with Crippen molar-refractivity contribution in [3.05, 3.63) is 10.8 Å². The first-order valence-electron chi connectivity index (χ1n) is 3.50.